The fraction of sp³-hybridized carbons (Fsp3) is 0.0833. The monoisotopic (exact) mass is 461 g/mol. The predicted octanol–water partition coefficient (Wildman–Crippen LogP) is 4.08. The fourth-order valence-corrected chi connectivity index (χ4v) is 3.40. The molecule has 4 N–H and O–H groups in total. The third-order valence-electron chi connectivity index (χ3n) is 4.78. The minimum absolute atomic E-state index is 0.0317. The Bertz CT molecular complexity index is 1390. The van der Waals surface area contributed by atoms with Crippen molar-refractivity contribution in [2.45, 2.75) is 13.0 Å². The van der Waals surface area contributed by atoms with Crippen molar-refractivity contribution >= 4 is 45.6 Å². The molecule has 4 rings (SSSR count). The quantitative estimate of drug-likeness (QED) is 0.255. The summed E-state index contributed by atoms with van der Waals surface area (Å²) in [6, 6.07) is 20.7. The first-order valence-electron chi connectivity index (χ1n) is 10.0. The number of benzene rings is 3. The number of halogens is 1. The molecule has 0 aliphatic rings. The van der Waals surface area contributed by atoms with Crippen molar-refractivity contribution in [1.82, 2.24) is 9.97 Å². The lowest BCUT2D eigenvalue weighted by Gasteiger charge is -2.15. The molecule has 0 aliphatic carbocycles. The summed E-state index contributed by atoms with van der Waals surface area (Å²) < 4.78 is 0. The van der Waals surface area contributed by atoms with Crippen molar-refractivity contribution < 1.29 is 9.90 Å². The van der Waals surface area contributed by atoms with Crippen LogP contribution in [0.15, 0.2) is 82.7 Å². The number of hydrogen-bond donors (Lipinski definition) is 4. The lowest BCUT2D eigenvalue weighted by molar-refractivity contribution is -0.114. The minimum Gasteiger partial charge on any atom is -0.382 e. The number of aliphatic hydroxyl groups is 1. The molecule has 1 aromatic heterocycles. The van der Waals surface area contributed by atoms with Gasteiger partial charge in [-0.2, -0.15) is 5.10 Å². The summed E-state index contributed by atoms with van der Waals surface area (Å²) in [5.74, 6) is -0.204. The molecule has 0 saturated heterocycles. The number of hydrogen-bond acceptors (Lipinski definition) is 6. The van der Waals surface area contributed by atoms with Crippen molar-refractivity contribution in [2.24, 2.45) is 5.10 Å². The van der Waals surface area contributed by atoms with Gasteiger partial charge in [0.05, 0.1) is 16.7 Å². The van der Waals surface area contributed by atoms with Gasteiger partial charge < -0.3 is 15.4 Å². The van der Waals surface area contributed by atoms with Crippen molar-refractivity contribution in [3.05, 3.63) is 99.4 Å². The highest BCUT2D eigenvalue weighted by atomic mass is 35.5. The van der Waals surface area contributed by atoms with Crippen molar-refractivity contribution in [3.8, 4) is 0 Å². The van der Waals surface area contributed by atoms with Crippen LogP contribution in [-0.4, -0.2) is 26.7 Å². The molecule has 0 fully saturated rings. The highest BCUT2D eigenvalue weighted by Crippen LogP contribution is 2.22. The van der Waals surface area contributed by atoms with Gasteiger partial charge in [0, 0.05) is 17.6 Å². The van der Waals surface area contributed by atoms with Crippen LogP contribution in [-0.2, 0) is 4.79 Å². The van der Waals surface area contributed by atoms with Crippen LogP contribution in [0.1, 0.15) is 24.3 Å². The first kappa shape index (κ1) is 22.2. The van der Waals surface area contributed by atoms with Crippen LogP contribution in [0.5, 0.6) is 0 Å². The number of fused-ring (bicyclic) bond motifs is 1. The summed E-state index contributed by atoms with van der Waals surface area (Å²) in [4.78, 5) is 31.3. The van der Waals surface area contributed by atoms with Gasteiger partial charge in [-0.25, -0.2) is 4.98 Å². The topological polar surface area (TPSA) is 119 Å². The van der Waals surface area contributed by atoms with Gasteiger partial charge in [-0.1, -0.05) is 41.9 Å². The van der Waals surface area contributed by atoms with E-state index < -0.39 is 11.7 Å². The third kappa shape index (κ3) is 5.25. The van der Waals surface area contributed by atoms with Crippen LogP contribution < -0.4 is 16.3 Å². The van der Waals surface area contributed by atoms with Crippen LogP contribution in [0, 0.1) is 0 Å². The normalized spacial score (nSPS) is 12.4. The number of aliphatic hydroxyl groups excluding tert-OH is 1. The van der Waals surface area contributed by atoms with E-state index in [1.165, 1.54) is 6.92 Å². The second-order valence-electron chi connectivity index (χ2n) is 7.26. The Labute approximate surface area is 194 Å². The highest BCUT2D eigenvalue weighted by molar-refractivity contribution is 6.31. The van der Waals surface area contributed by atoms with Crippen LogP contribution in [0.4, 0.5) is 11.4 Å². The number of rotatable bonds is 6. The van der Waals surface area contributed by atoms with Gasteiger partial charge >= 0.3 is 0 Å². The smallest absolute Gasteiger partial charge is 0.276 e. The molecule has 0 spiro atoms. The molecule has 9 heteroatoms. The molecule has 0 saturated carbocycles. The van der Waals surface area contributed by atoms with Crippen molar-refractivity contribution in [3.63, 3.8) is 0 Å². The van der Waals surface area contributed by atoms with E-state index in [-0.39, 0.29) is 17.3 Å². The first-order chi connectivity index (χ1) is 15.9. The lowest BCUT2D eigenvalue weighted by atomic mass is 10.0. The summed E-state index contributed by atoms with van der Waals surface area (Å²) >= 11 is 6.02. The van der Waals surface area contributed by atoms with Gasteiger partial charge in [0.2, 0.25) is 5.91 Å². The van der Waals surface area contributed by atoms with E-state index in [1.54, 1.807) is 54.6 Å². The fourth-order valence-electron chi connectivity index (χ4n) is 3.22. The van der Waals surface area contributed by atoms with Crippen molar-refractivity contribution in [1.29, 1.82) is 0 Å². The molecular weight excluding hydrogens is 442 g/mol. The maximum atomic E-state index is 12.9. The Morgan fingerprint density at radius 1 is 1.06 bits per heavy atom. The second kappa shape index (κ2) is 9.64. The average Bonchev–Trinajstić information content (AvgIpc) is 2.80. The molecule has 166 valence electrons. The van der Waals surface area contributed by atoms with Crippen LogP contribution in [0.2, 0.25) is 5.02 Å². The maximum Gasteiger partial charge on any atom is 0.276 e. The number of anilines is 2. The Kier molecular flexibility index (Phi) is 6.48. The molecule has 8 nitrogen and oxygen atoms in total. The summed E-state index contributed by atoms with van der Waals surface area (Å²) in [5, 5.41) is 18.6. The molecule has 1 amide bonds. The molecule has 1 heterocycles. The Hall–Kier alpha value is -4.01. The minimum atomic E-state index is -1.27. The number of para-hydroxylation sites is 1. The number of nitrogens with one attached hydrogen (secondary N) is 3. The van der Waals surface area contributed by atoms with E-state index in [4.69, 9.17) is 11.6 Å². The van der Waals surface area contributed by atoms with Gasteiger partial charge in [0.1, 0.15) is 11.8 Å². The highest BCUT2D eigenvalue weighted by Gasteiger charge is 2.23. The van der Waals surface area contributed by atoms with Gasteiger partial charge in [0.25, 0.3) is 5.56 Å². The zero-order valence-corrected chi connectivity index (χ0v) is 18.3. The summed E-state index contributed by atoms with van der Waals surface area (Å²) in [6.07, 6.45) is -1.27. The molecule has 33 heavy (non-hydrogen) atoms. The number of aromatic nitrogens is 2. The Balaban J connectivity index is 1.77. The van der Waals surface area contributed by atoms with Gasteiger partial charge in [-0.15, -0.1) is 0 Å². The number of H-pyrrole nitrogens is 1. The van der Waals surface area contributed by atoms with E-state index in [1.807, 2.05) is 18.2 Å². The maximum absolute atomic E-state index is 12.9. The number of aromatic amines is 1. The van der Waals surface area contributed by atoms with Crippen LogP contribution in [0.3, 0.4) is 0 Å². The predicted molar refractivity (Wildman–Crippen MR) is 130 cm³/mol. The van der Waals surface area contributed by atoms with Crippen molar-refractivity contribution in [2.75, 3.05) is 10.7 Å². The number of carbonyl (C=O) groups excluding carboxylic acids is 1. The summed E-state index contributed by atoms with van der Waals surface area (Å²) in [7, 11) is 0. The van der Waals surface area contributed by atoms with Gasteiger partial charge in [-0.05, 0) is 48.0 Å². The van der Waals surface area contributed by atoms with E-state index in [2.05, 4.69) is 25.8 Å². The lowest BCUT2D eigenvalue weighted by Crippen LogP contribution is -2.26. The second-order valence-corrected chi connectivity index (χ2v) is 7.69. The zero-order chi connectivity index (χ0) is 23.4. The van der Waals surface area contributed by atoms with E-state index in [0.29, 0.717) is 33.0 Å². The molecule has 0 aliphatic heterocycles. The number of amides is 1. The molecule has 1 atom stereocenters. The first-order valence-corrected chi connectivity index (χ1v) is 10.4. The summed E-state index contributed by atoms with van der Waals surface area (Å²) in [6.45, 7) is 1.41. The molecule has 1 unspecified atom stereocenters. The average molecular weight is 462 g/mol. The third-order valence-corrected chi connectivity index (χ3v) is 5.02. The van der Waals surface area contributed by atoms with Gasteiger partial charge in [-0.3, -0.25) is 15.0 Å². The molecule has 0 bridgehead atoms. The largest absolute Gasteiger partial charge is 0.382 e. The Morgan fingerprint density at radius 2 is 1.79 bits per heavy atom. The van der Waals surface area contributed by atoms with E-state index >= 15 is 0 Å². The standard InChI is InChI=1S/C24H20ClN5O3/c1-14(31)26-17-10-7-15(8-11-17)23(32)21(30-29-18-5-3-2-4-6-18)22-24(33)28-20-13-16(25)9-12-19(20)27-22/h2-13,23,29,32H,1H3,(H,26,31)(H,28,33). The summed E-state index contributed by atoms with van der Waals surface area (Å²) in [5.41, 5.74) is 5.04. The molecule has 0 radical (unpaired) electrons. The molecular formula is C24H20ClN5O3. The SMILES string of the molecule is CC(=O)Nc1ccc(C(O)C(=NNc2ccccc2)c2nc3ccc(Cl)cc3[nH]c2=O)cc1. The molecule has 3 aromatic carbocycles. The van der Waals surface area contributed by atoms with Gasteiger partial charge in [0.15, 0.2) is 5.69 Å². The van der Waals surface area contributed by atoms with Crippen LogP contribution >= 0.6 is 11.6 Å². The number of carbonyl (C=O) groups is 1. The molecule has 4 aromatic rings. The van der Waals surface area contributed by atoms with E-state index in [0.717, 1.165) is 0 Å². The van der Waals surface area contributed by atoms with E-state index in [9.17, 15) is 14.7 Å². The zero-order valence-electron chi connectivity index (χ0n) is 17.5. The Morgan fingerprint density at radius 3 is 2.48 bits per heavy atom. The number of nitrogens with zero attached hydrogens (tertiary/aromatic N) is 2. The van der Waals surface area contributed by atoms with Crippen LogP contribution in [0.25, 0.3) is 11.0 Å². The number of hydrazone groups is 1.